The lowest BCUT2D eigenvalue weighted by Crippen LogP contribution is -2.17. The van der Waals surface area contributed by atoms with Crippen molar-refractivity contribution >= 4 is 6.01 Å². The Morgan fingerprint density at radius 3 is 2.60 bits per heavy atom. The predicted octanol–water partition coefficient (Wildman–Crippen LogP) is 2.91. The van der Waals surface area contributed by atoms with Gasteiger partial charge in [0.05, 0.1) is 6.04 Å². The fourth-order valence-corrected chi connectivity index (χ4v) is 2.12. The van der Waals surface area contributed by atoms with Crippen LogP contribution < -0.4 is 10.6 Å². The number of hydrogen-bond acceptors (Lipinski definition) is 5. The summed E-state index contributed by atoms with van der Waals surface area (Å²) in [6.45, 7) is 7.78. The van der Waals surface area contributed by atoms with Crippen LogP contribution in [-0.2, 0) is 13.0 Å². The van der Waals surface area contributed by atoms with Crippen LogP contribution >= 0.6 is 0 Å². The van der Waals surface area contributed by atoms with Crippen LogP contribution in [0.5, 0.6) is 0 Å². The molecule has 0 radical (unpaired) electrons. The molecule has 20 heavy (non-hydrogen) atoms. The molecular formula is C15H22N4O. The Kier molecular flexibility index (Phi) is 5.12. The van der Waals surface area contributed by atoms with Crippen molar-refractivity contribution in [2.24, 2.45) is 0 Å². The van der Waals surface area contributed by atoms with Gasteiger partial charge in [0.15, 0.2) is 0 Å². The van der Waals surface area contributed by atoms with Crippen LogP contribution in [0.15, 0.2) is 28.7 Å². The lowest BCUT2D eigenvalue weighted by molar-refractivity contribution is 0.428. The summed E-state index contributed by atoms with van der Waals surface area (Å²) in [6, 6.07) is 8.91. The van der Waals surface area contributed by atoms with Crippen LogP contribution in [0.1, 0.15) is 43.8 Å². The van der Waals surface area contributed by atoms with Crippen LogP contribution in [0.4, 0.5) is 6.01 Å². The molecule has 1 aromatic heterocycles. The van der Waals surface area contributed by atoms with Crippen LogP contribution in [-0.4, -0.2) is 16.7 Å². The van der Waals surface area contributed by atoms with Crippen molar-refractivity contribution in [1.82, 2.24) is 15.5 Å². The Hall–Kier alpha value is -1.88. The van der Waals surface area contributed by atoms with Gasteiger partial charge >= 0.3 is 6.01 Å². The highest BCUT2D eigenvalue weighted by molar-refractivity contribution is 5.31. The van der Waals surface area contributed by atoms with Crippen molar-refractivity contribution in [3.8, 4) is 0 Å². The van der Waals surface area contributed by atoms with Crippen molar-refractivity contribution in [1.29, 1.82) is 0 Å². The Bertz CT molecular complexity index is 538. The van der Waals surface area contributed by atoms with Crippen molar-refractivity contribution in [3.63, 3.8) is 0 Å². The summed E-state index contributed by atoms with van der Waals surface area (Å²) in [6.07, 6.45) is 1.02. The molecule has 0 bridgehead atoms. The fraction of sp³-hybridized carbons (Fsp3) is 0.467. The molecule has 108 valence electrons. The molecule has 0 saturated heterocycles. The first-order chi connectivity index (χ1) is 9.74. The Labute approximate surface area is 119 Å². The van der Waals surface area contributed by atoms with Gasteiger partial charge in [0, 0.05) is 6.54 Å². The average molecular weight is 274 g/mol. The Morgan fingerprint density at radius 1 is 1.15 bits per heavy atom. The molecule has 1 aromatic carbocycles. The fourth-order valence-electron chi connectivity index (χ4n) is 2.12. The minimum Gasteiger partial charge on any atom is -0.406 e. The molecule has 2 aromatic rings. The summed E-state index contributed by atoms with van der Waals surface area (Å²) >= 11 is 0. The molecule has 0 amide bonds. The maximum absolute atomic E-state index is 5.60. The molecule has 0 saturated carbocycles. The van der Waals surface area contributed by atoms with Crippen LogP contribution in [0.2, 0.25) is 0 Å². The van der Waals surface area contributed by atoms with E-state index in [1.807, 2.05) is 19.9 Å². The number of rotatable bonds is 7. The van der Waals surface area contributed by atoms with Crippen molar-refractivity contribution in [3.05, 3.63) is 41.3 Å². The third-order valence-corrected chi connectivity index (χ3v) is 3.25. The molecule has 2 N–H and O–H groups in total. The molecule has 1 atom stereocenters. The van der Waals surface area contributed by atoms with Gasteiger partial charge in [-0.05, 0) is 31.0 Å². The lowest BCUT2D eigenvalue weighted by atomic mass is 10.1. The van der Waals surface area contributed by atoms with E-state index in [9.17, 15) is 0 Å². The van der Waals surface area contributed by atoms with Crippen molar-refractivity contribution < 1.29 is 4.42 Å². The lowest BCUT2D eigenvalue weighted by Gasteiger charge is -2.08. The second-order valence-electron chi connectivity index (χ2n) is 4.70. The largest absolute Gasteiger partial charge is 0.406 e. The van der Waals surface area contributed by atoms with Gasteiger partial charge in [-0.3, -0.25) is 0 Å². The third kappa shape index (κ3) is 3.57. The van der Waals surface area contributed by atoms with Crippen LogP contribution in [0.3, 0.4) is 0 Å². The predicted molar refractivity (Wildman–Crippen MR) is 79.5 cm³/mol. The zero-order valence-electron chi connectivity index (χ0n) is 12.3. The van der Waals surface area contributed by atoms with Gasteiger partial charge in [-0.1, -0.05) is 43.2 Å². The molecule has 5 nitrogen and oxygen atoms in total. The maximum Gasteiger partial charge on any atom is 0.315 e. The van der Waals surface area contributed by atoms with E-state index in [1.165, 1.54) is 11.1 Å². The van der Waals surface area contributed by atoms with E-state index in [0.29, 0.717) is 18.5 Å². The summed E-state index contributed by atoms with van der Waals surface area (Å²) in [5, 5.41) is 14.5. The van der Waals surface area contributed by atoms with E-state index < -0.39 is 0 Å². The van der Waals surface area contributed by atoms with Crippen LogP contribution in [0, 0.1) is 0 Å². The first-order valence-corrected chi connectivity index (χ1v) is 7.12. The van der Waals surface area contributed by atoms with E-state index in [1.54, 1.807) is 0 Å². The van der Waals surface area contributed by atoms with Gasteiger partial charge in [0.2, 0.25) is 5.89 Å². The molecule has 1 unspecified atom stereocenters. The van der Waals surface area contributed by atoms with Gasteiger partial charge < -0.3 is 15.1 Å². The number of aromatic nitrogens is 2. The highest BCUT2D eigenvalue weighted by Gasteiger charge is 2.12. The first-order valence-electron chi connectivity index (χ1n) is 7.12. The highest BCUT2D eigenvalue weighted by Crippen LogP contribution is 2.15. The molecule has 0 aliphatic carbocycles. The molecule has 1 heterocycles. The van der Waals surface area contributed by atoms with Gasteiger partial charge in [0.25, 0.3) is 0 Å². The topological polar surface area (TPSA) is 63.0 Å². The minimum atomic E-state index is 0.0750. The van der Waals surface area contributed by atoms with E-state index in [-0.39, 0.29) is 6.04 Å². The number of benzene rings is 1. The number of hydrogen-bond donors (Lipinski definition) is 2. The van der Waals surface area contributed by atoms with E-state index in [4.69, 9.17) is 4.42 Å². The summed E-state index contributed by atoms with van der Waals surface area (Å²) < 4.78 is 5.60. The van der Waals surface area contributed by atoms with Gasteiger partial charge in [-0.2, -0.15) is 0 Å². The smallest absolute Gasteiger partial charge is 0.315 e. The normalized spacial score (nSPS) is 12.3. The molecule has 0 fully saturated rings. The number of nitrogens with one attached hydrogen (secondary N) is 2. The van der Waals surface area contributed by atoms with Gasteiger partial charge in [-0.25, -0.2) is 0 Å². The van der Waals surface area contributed by atoms with Gasteiger partial charge in [-0.15, -0.1) is 5.10 Å². The van der Waals surface area contributed by atoms with Crippen LogP contribution in [0.25, 0.3) is 0 Å². The summed E-state index contributed by atoms with van der Waals surface area (Å²) in [7, 11) is 0. The van der Waals surface area contributed by atoms with E-state index in [0.717, 1.165) is 13.0 Å². The van der Waals surface area contributed by atoms with Crippen molar-refractivity contribution in [2.75, 3.05) is 11.9 Å². The summed E-state index contributed by atoms with van der Waals surface area (Å²) in [4.78, 5) is 0. The molecule has 5 heteroatoms. The average Bonchev–Trinajstić information content (AvgIpc) is 2.94. The molecule has 0 spiro atoms. The molecular weight excluding hydrogens is 252 g/mol. The number of aryl methyl sites for hydroxylation is 1. The quantitative estimate of drug-likeness (QED) is 0.813. The SMILES string of the molecule is CCNC(C)c1nnc(NCc2ccccc2CC)o1. The van der Waals surface area contributed by atoms with Crippen molar-refractivity contribution in [2.45, 2.75) is 39.8 Å². The zero-order valence-corrected chi connectivity index (χ0v) is 12.3. The molecule has 0 aliphatic rings. The molecule has 0 aliphatic heterocycles. The zero-order chi connectivity index (χ0) is 14.4. The summed E-state index contributed by atoms with van der Waals surface area (Å²) in [5.41, 5.74) is 2.59. The Balaban J connectivity index is 1.97. The second kappa shape index (κ2) is 7.05. The summed E-state index contributed by atoms with van der Waals surface area (Å²) in [5.74, 6) is 0.609. The molecule has 2 rings (SSSR count). The number of nitrogens with zero attached hydrogens (tertiary/aromatic N) is 2. The van der Waals surface area contributed by atoms with Gasteiger partial charge in [0.1, 0.15) is 0 Å². The third-order valence-electron chi connectivity index (χ3n) is 3.25. The highest BCUT2D eigenvalue weighted by atomic mass is 16.4. The van der Waals surface area contributed by atoms with E-state index in [2.05, 4.69) is 46.0 Å². The first kappa shape index (κ1) is 14.5. The number of anilines is 1. The standard InChI is InChI=1S/C15H22N4O/c1-4-12-8-6-7-9-13(12)10-17-15-19-18-14(20-15)11(3)16-5-2/h6-9,11,16H,4-5,10H2,1-3H3,(H,17,19). The second-order valence-corrected chi connectivity index (χ2v) is 4.70. The minimum absolute atomic E-state index is 0.0750. The van der Waals surface area contributed by atoms with E-state index >= 15 is 0 Å². The monoisotopic (exact) mass is 274 g/mol. The Morgan fingerprint density at radius 2 is 1.90 bits per heavy atom. The maximum atomic E-state index is 5.60.